The molecule has 104 valence electrons. The molecule has 1 atom stereocenters. The van der Waals surface area contributed by atoms with E-state index in [4.69, 9.17) is 0 Å². The Hall–Kier alpha value is -2.17. The van der Waals surface area contributed by atoms with Crippen LogP contribution in [-0.4, -0.2) is 38.9 Å². The topological polar surface area (TPSA) is 51.0 Å². The molecule has 1 fully saturated rings. The van der Waals surface area contributed by atoms with E-state index in [1.54, 1.807) is 17.2 Å². The predicted octanol–water partition coefficient (Wildman–Crippen LogP) is 1.98. The highest BCUT2D eigenvalue weighted by Crippen LogP contribution is 2.22. The molecule has 1 aromatic heterocycles. The van der Waals surface area contributed by atoms with Crippen molar-refractivity contribution in [1.29, 1.82) is 0 Å². The standard InChI is InChI=1S/C15H18N4O/c1-11-7-12(2)9-13(8-11)15(20)18-6-3-14(10-18)19-16-4-5-17-19/h4-5,7-9,14H,3,6,10H2,1-2H3. The molecule has 0 bridgehead atoms. The molecule has 5 heteroatoms. The number of hydrogen-bond acceptors (Lipinski definition) is 3. The maximum atomic E-state index is 12.5. The summed E-state index contributed by atoms with van der Waals surface area (Å²) in [7, 11) is 0. The molecular formula is C15H18N4O. The molecule has 1 amide bonds. The molecule has 2 aromatic rings. The zero-order valence-corrected chi connectivity index (χ0v) is 11.8. The summed E-state index contributed by atoms with van der Waals surface area (Å²) >= 11 is 0. The maximum absolute atomic E-state index is 12.5. The van der Waals surface area contributed by atoms with Gasteiger partial charge in [0.25, 0.3) is 5.91 Å². The summed E-state index contributed by atoms with van der Waals surface area (Å²) in [5.41, 5.74) is 3.02. The van der Waals surface area contributed by atoms with Gasteiger partial charge in [-0.1, -0.05) is 17.2 Å². The van der Waals surface area contributed by atoms with E-state index in [2.05, 4.69) is 16.3 Å². The highest BCUT2D eigenvalue weighted by molar-refractivity contribution is 5.94. The van der Waals surface area contributed by atoms with Crippen LogP contribution in [0.3, 0.4) is 0 Å². The van der Waals surface area contributed by atoms with Crippen LogP contribution in [0.1, 0.15) is 33.9 Å². The van der Waals surface area contributed by atoms with E-state index in [-0.39, 0.29) is 11.9 Å². The fourth-order valence-electron chi connectivity index (χ4n) is 2.81. The van der Waals surface area contributed by atoms with Gasteiger partial charge in [-0.2, -0.15) is 15.0 Å². The molecule has 5 nitrogen and oxygen atoms in total. The van der Waals surface area contributed by atoms with E-state index >= 15 is 0 Å². The van der Waals surface area contributed by atoms with Gasteiger partial charge in [-0.05, 0) is 32.4 Å². The number of rotatable bonds is 2. The van der Waals surface area contributed by atoms with E-state index < -0.39 is 0 Å². The van der Waals surface area contributed by atoms with Crippen molar-refractivity contribution in [2.24, 2.45) is 0 Å². The van der Waals surface area contributed by atoms with E-state index in [1.165, 1.54) is 0 Å². The first kappa shape index (κ1) is 12.8. The Bertz CT molecular complexity index is 601. The highest BCUT2D eigenvalue weighted by atomic mass is 16.2. The van der Waals surface area contributed by atoms with Crippen molar-refractivity contribution in [1.82, 2.24) is 19.9 Å². The summed E-state index contributed by atoms with van der Waals surface area (Å²) in [6.07, 6.45) is 4.26. The Morgan fingerprint density at radius 1 is 1.15 bits per heavy atom. The zero-order chi connectivity index (χ0) is 14.1. The first-order valence-corrected chi connectivity index (χ1v) is 6.87. The van der Waals surface area contributed by atoms with Crippen molar-refractivity contribution in [3.8, 4) is 0 Å². The molecule has 1 aliphatic rings. The van der Waals surface area contributed by atoms with Crippen molar-refractivity contribution in [2.75, 3.05) is 13.1 Å². The second-order valence-electron chi connectivity index (χ2n) is 5.42. The molecule has 20 heavy (non-hydrogen) atoms. The number of benzene rings is 1. The second-order valence-corrected chi connectivity index (χ2v) is 5.42. The number of nitrogens with zero attached hydrogens (tertiary/aromatic N) is 4. The minimum absolute atomic E-state index is 0.103. The Morgan fingerprint density at radius 3 is 2.45 bits per heavy atom. The molecule has 0 N–H and O–H groups in total. The van der Waals surface area contributed by atoms with Gasteiger partial charge in [0.15, 0.2) is 0 Å². The summed E-state index contributed by atoms with van der Waals surface area (Å²) < 4.78 is 0. The van der Waals surface area contributed by atoms with Crippen LogP contribution in [0, 0.1) is 13.8 Å². The molecule has 0 aliphatic carbocycles. The van der Waals surface area contributed by atoms with Gasteiger partial charge in [0.05, 0.1) is 18.4 Å². The molecule has 0 spiro atoms. The first-order chi connectivity index (χ1) is 9.63. The lowest BCUT2D eigenvalue weighted by Gasteiger charge is -2.17. The van der Waals surface area contributed by atoms with Crippen LogP contribution in [0.5, 0.6) is 0 Å². The largest absolute Gasteiger partial charge is 0.336 e. The Morgan fingerprint density at radius 2 is 1.80 bits per heavy atom. The lowest BCUT2D eigenvalue weighted by molar-refractivity contribution is 0.0786. The van der Waals surface area contributed by atoms with Crippen molar-refractivity contribution >= 4 is 5.91 Å². The summed E-state index contributed by atoms with van der Waals surface area (Å²) in [6, 6.07) is 6.18. The third kappa shape index (κ3) is 2.43. The maximum Gasteiger partial charge on any atom is 0.253 e. The van der Waals surface area contributed by atoms with Crippen LogP contribution in [-0.2, 0) is 0 Å². The molecule has 1 unspecified atom stereocenters. The van der Waals surface area contributed by atoms with Gasteiger partial charge < -0.3 is 4.90 Å². The third-order valence-electron chi connectivity index (χ3n) is 3.68. The van der Waals surface area contributed by atoms with Gasteiger partial charge in [0.2, 0.25) is 0 Å². The summed E-state index contributed by atoms with van der Waals surface area (Å²) in [5, 5.41) is 8.32. The van der Waals surface area contributed by atoms with Gasteiger partial charge in [-0.25, -0.2) is 0 Å². The van der Waals surface area contributed by atoms with Gasteiger partial charge in [0, 0.05) is 18.7 Å². The smallest absolute Gasteiger partial charge is 0.253 e. The fraction of sp³-hybridized carbons (Fsp3) is 0.400. The Balaban J connectivity index is 1.75. The van der Waals surface area contributed by atoms with Crippen LogP contribution < -0.4 is 0 Å². The molecule has 3 rings (SSSR count). The van der Waals surface area contributed by atoms with Gasteiger partial charge >= 0.3 is 0 Å². The quantitative estimate of drug-likeness (QED) is 0.838. The second kappa shape index (κ2) is 5.07. The molecular weight excluding hydrogens is 252 g/mol. The average Bonchev–Trinajstić information content (AvgIpc) is 3.07. The molecule has 1 aliphatic heterocycles. The Labute approximate surface area is 118 Å². The minimum atomic E-state index is 0.103. The number of aromatic nitrogens is 3. The SMILES string of the molecule is Cc1cc(C)cc(C(=O)N2CCC(n3nccn3)C2)c1. The van der Waals surface area contributed by atoms with Crippen LogP contribution in [0.25, 0.3) is 0 Å². The third-order valence-corrected chi connectivity index (χ3v) is 3.68. The summed E-state index contributed by atoms with van der Waals surface area (Å²) in [5.74, 6) is 0.103. The molecule has 0 radical (unpaired) electrons. The molecule has 0 saturated carbocycles. The van der Waals surface area contributed by atoms with E-state index in [0.29, 0.717) is 6.54 Å². The Kier molecular flexibility index (Phi) is 3.26. The monoisotopic (exact) mass is 270 g/mol. The zero-order valence-electron chi connectivity index (χ0n) is 11.8. The van der Waals surface area contributed by atoms with Crippen LogP contribution in [0.15, 0.2) is 30.6 Å². The van der Waals surface area contributed by atoms with Crippen molar-refractivity contribution in [2.45, 2.75) is 26.3 Å². The number of hydrogen-bond donors (Lipinski definition) is 0. The van der Waals surface area contributed by atoms with Crippen LogP contribution >= 0.6 is 0 Å². The molecule has 1 aromatic carbocycles. The number of amides is 1. The normalized spacial score (nSPS) is 18.5. The van der Waals surface area contributed by atoms with E-state index in [1.807, 2.05) is 30.9 Å². The number of carbonyl (C=O) groups is 1. The lowest BCUT2D eigenvalue weighted by Crippen LogP contribution is -2.29. The van der Waals surface area contributed by atoms with Crippen molar-refractivity contribution in [3.05, 3.63) is 47.3 Å². The van der Waals surface area contributed by atoms with Crippen LogP contribution in [0.4, 0.5) is 0 Å². The van der Waals surface area contributed by atoms with E-state index in [0.717, 1.165) is 29.7 Å². The lowest BCUT2D eigenvalue weighted by atomic mass is 10.1. The number of aryl methyl sites for hydroxylation is 2. The number of carbonyl (C=O) groups excluding carboxylic acids is 1. The molecule has 2 heterocycles. The van der Waals surface area contributed by atoms with Crippen molar-refractivity contribution < 1.29 is 4.79 Å². The van der Waals surface area contributed by atoms with Gasteiger partial charge in [-0.3, -0.25) is 4.79 Å². The minimum Gasteiger partial charge on any atom is -0.336 e. The summed E-state index contributed by atoms with van der Waals surface area (Å²) in [4.78, 5) is 16.1. The van der Waals surface area contributed by atoms with Gasteiger partial charge in [-0.15, -0.1) is 0 Å². The predicted molar refractivity (Wildman–Crippen MR) is 75.5 cm³/mol. The van der Waals surface area contributed by atoms with E-state index in [9.17, 15) is 4.79 Å². The van der Waals surface area contributed by atoms with Crippen LogP contribution in [0.2, 0.25) is 0 Å². The first-order valence-electron chi connectivity index (χ1n) is 6.87. The van der Waals surface area contributed by atoms with Crippen molar-refractivity contribution in [3.63, 3.8) is 0 Å². The molecule has 1 saturated heterocycles. The van der Waals surface area contributed by atoms with Gasteiger partial charge in [0.1, 0.15) is 0 Å². The summed E-state index contributed by atoms with van der Waals surface area (Å²) in [6.45, 7) is 5.48. The fourth-order valence-corrected chi connectivity index (χ4v) is 2.81. The average molecular weight is 270 g/mol. The number of likely N-dealkylation sites (tertiary alicyclic amines) is 1. The highest BCUT2D eigenvalue weighted by Gasteiger charge is 2.29.